The van der Waals surface area contributed by atoms with E-state index in [1.807, 2.05) is 24.3 Å². The van der Waals surface area contributed by atoms with E-state index in [4.69, 9.17) is 9.97 Å². The van der Waals surface area contributed by atoms with Crippen molar-refractivity contribution < 1.29 is 4.79 Å². The van der Waals surface area contributed by atoms with Crippen molar-refractivity contribution in [1.29, 1.82) is 0 Å². The molecule has 0 radical (unpaired) electrons. The van der Waals surface area contributed by atoms with Crippen molar-refractivity contribution in [2.45, 2.75) is 44.4 Å². The third kappa shape index (κ3) is 1.52. The number of nitrogens with one attached hydrogen (secondary N) is 1. The summed E-state index contributed by atoms with van der Waals surface area (Å²) in [6, 6.07) is 7.92. The topological polar surface area (TPSA) is 54.9 Å². The van der Waals surface area contributed by atoms with Crippen LogP contribution in [0.3, 0.4) is 0 Å². The minimum Gasteiger partial charge on any atom is -0.352 e. The normalized spacial score (nSPS) is 29.5. The van der Waals surface area contributed by atoms with E-state index in [0.29, 0.717) is 6.54 Å². The molecule has 1 amide bonds. The molecule has 1 fully saturated rings. The smallest absolute Gasteiger partial charge is 0.233 e. The van der Waals surface area contributed by atoms with Gasteiger partial charge in [0.15, 0.2) is 0 Å². The van der Waals surface area contributed by atoms with Gasteiger partial charge in [-0.25, -0.2) is 9.97 Å². The van der Waals surface area contributed by atoms with Crippen LogP contribution in [-0.2, 0) is 15.6 Å². The van der Waals surface area contributed by atoms with E-state index < -0.39 is 5.41 Å². The number of rotatable bonds is 3. The van der Waals surface area contributed by atoms with E-state index in [1.165, 1.54) is 0 Å². The molecule has 4 heteroatoms. The minimum absolute atomic E-state index is 0.0551. The predicted octanol–water partition coefficient (Wildman–Crippen LogP) is 3.26. The lowest BCUT2D eigenvalue weighted by Crippen LogP contribution is -2.51. The summed E-state index contributed by atoms with van der Waals surface area (Å²) in [4.78, 5) is 23.1. The van der Waals surface area contributed by atoms with Crippen molar-refractivity contribution in [3.05, 3.63) is 48.3 Å². The van der Waals surface area contributed by atoms with Crippen LogP contribution < -0.4 is 5.32 Å². The summed E-state index contributed by atoms with van der Waals surface area (Å²) >= 11 is 0. The highest BCUT2D eigenvalue weighted by Crippen LogP contribution is 2.70. The second-order valence-electron chi connectivity index (χ2n) is 7.77. The predicted molar refractivity (Wildman–Crippen MR) is 94.8 cm³/mol. The Labute approximate surface area is 142 Å². The molecule has 2 atom stereocenters. The average Bonchev–Trinajstić information content (AvgIpc) is 2.87. The average molecular weight is 321 g/mol. The largest absolute Gasteiger partial charge is 0.352 e. The van der Waals surface area contributed by atoms with Gasteiger partial charge in [0.1, 0.15) is 0 Å². The molecule has 2 aliphatic rings. The molecule has 0 aliphatic heterocycles. The van der Waals surface area contributed by atoms with E-state index in [1.54, 1.807) is 6.08 Å². The van der Waals surface area contributed by atoms with Crippen LogP contribution in [-0.4, -0.2) is 22.4 Å². The zero-order chi connectivity index (χ0) is 17.2. The number of aromatic nitrogens is 2. The van der Waals surface area contributed by atoms with Crippen molar-refractivity contribution >= 4 is 16.9 Å². The second-order valence-corrected chi connectivity index (χ2v) is 7.77. The molecule has 24 heavy (non-hydrogen) atoms. The molecule has 4 nitrogen and oxygen atoms in total. The molecule has 1 heterocycles. The number of nitrogens with zero attached hydrogens (tertiary/aromatic N) is 2. The minimum atomic E-state index is -0.614. The molecule has 124 valence electrons. The van der Waals surface area contributed by atoms with Crippen LogP contribution in [0.5, 0.6) is 0 Å². The van der Waals surface area contributed by atoms with Gasteiger partial charge in [-0.3, -0.25) is 4.79 Å². The van der Waals surface area contributed by atoms with E-state index >= 15 is 0 Å². The van der Waals surface area contributed by atoms with Crippen molar-refractivity contribution in [2.24, 2.45) is 5.41 Å². The van der Waals surface area contributed by atoms with Gasteiger partial charge < -0.3 is 5.32 Å². The molecule has 0 spiro atoms. The van der Waals surface area contributed by atoms with Gasteiger partial charge in [-0.2, -0.15) is 0 Å². The molecule has 2 unspecified atom stereocenters. The third-order valence-corrected chi connectivity index (χ3v) is 6.74. The zero-order valence-corrected chi connectivity index (χ0v) is 14.5. The highest BCUT2D eigenvalue weighted by Gasteiger charge is 2.73. The van der Waals surface area contributed by atoms with Gasteiger partial charge in [0, 0.05) is 12.0 Å². The molecular weight excluding hydrogens is 298 g/mol. The first kappa shape index (κ1) is 15.3. The van der Waals surface area contributed by atoms with Crippen LogP contribution in [0.1, 0.15) is 45.0 Å². The molecule has 2 aliphatic carbocycles. The first-order chi connectivity index (χ1) is 11.4. The van der Waals surface area contributed by atoms with Crippen molar-refractivity contribution in [3.8, 4) is 0 Å². The fourth-order valence-corrected chi connectivity index (χ4v) is 4.87. The lowest BCUT2D eigenvalue weighted by Gasteiger charge is -2.39. The molecule has 0 saturated heterocycles. The van der Waals surface area contributed by atoms with Crippen molar-refractivity contribution in [2.75, 3.05) is 6.54 Å². The van der Waals surface area contributed by atoms with Crippen LogP contribution in [0.2, 0.25) is 0 Å². The standard InChI is InChI=1S/C20H23N3O/c1-5-12-21-17(24)20-11-10-19(4,18(20,2)3)15-16(20)23-14-9-7-6-8-13(14)22-15/h5-9H,1,10-12H2,2-4H3,(H,21,24). The van der Waals surface area contributed by atoms with Gasteiger partial charge in [0.25, 0.3) is 0 Å². The lowest BCUT2D eigenvalue weighted by atomic mass is 9.63. The summed E-state index contributed by atoms with van der Waals surface area (Å²) in [5.41, 5.74) is 2.67. The third-order valence-electron chi connectivity index (χ3n) is 6.74. The Morgan fingerprint density at radius 2 is 1.79 bits per heavy atom. The van der Waals surface area contributed by atoms with Crippen LogP contribution in [0.4, 0.5) is 0 Å². The first-order valence-corrected chi connectivity index (χ1v) is 8.55. The van der Waals surface area contributed by atoms with E-state index in [9.17, 15) is 4.79 Å². The van der Waals surface area contributed by atoms with Crippen LogP contribution in [0.15, 0.2) is 36.9 Å². The Morgan fingerprint density at radius 1 is 1.17 bits per heavy atom. The van der Waals surface area contributed by atoms with Gasteiger partial charge in [0.05, 0.1) is 27.8 Å². The number of carbonyl (C=O) groups is 1. The summed E-state index contributed by atoms with van der Waals surface area (Å²) in [5, 5.41) is 3.03. The van der Waals surface area contributed by atoms with Crippen LogP contribution in [0, 0.1) is 5.41 Å². The molecule has 1 saturated carbocycles. The highest BCUT2D eigenvalue weighted by molar-refractivity contribution is 5.93. The quantitative estimate of drug-likeness (QED) is 0.883. The van der Waals surface area contributed by atoms with Gasteiger partial charge in [-0.05, 0) is 30.4 Å². The van der Waals surface area contributed by atoms with E-state index in [-0.39, 0.29) is 16.7 Å². The number of fused-ring (bicyclic) bond motifs is 6. The monoisotopic (exact) mass is 321 g/mol. The van der Waals surface area contributed by atoms with Crippen LogP contribution in [0.25, 0.3) is 11.0 Å². The van der Waals surface area contributed by atoms with Crippen molar-refractivity contribution in [3.63, 3.8) is 0 Å². The Hall–Kier alpha value is -2.23. The summed E-state index contributed by atoms with van der Waals surface area (Å²) < 4.78 is 0. The Kier molecular flexibility index (Phi) is 2.97. The Balaban J connectivity index is 2.00. The number of hydrogen-bond acceptors (Lipinski definition) is 3. The molecule has 2 aromatic rings. The van der Waals surface area contributed by atoms with Crippen molar-refractivity contribution in [1.82, 2.24) is 15.3 Å². The zero-order valence-electron chi connectivity index (χ0n) is 14.5. The number of hydrogen-bond donors (Lipinski definition) is 1. The SMILES string of the molecule is C=CCNC(=O)C12CCC(C)(c3nc4ccccc4nc31)C2(C)C. The van der Waals surface area contributed by atoms with Gasteiger partial charge in [-0.15, -0.1) is 6.58 Å². The highest BCUT2D eigenvalue weighted by atomic mass is 16.2. The molecule has 2 bridgehead atoms. The van der Waals surface area contributed by atoms with E-state index in [0.717, 1.165) is 35.3 Å². The van der Waals surface area contributed by atoms with Gasteiger partial charge >= 0.3 is 0 Å². The second kappa shape index (κ2) is 4.65. The maximum Gasteiger partial charge on any atom is 0.233 e. The fraction of sp³-hybridized carbons (Fsp3) is 0.450. The molecule has 1 N–H and O–H groups in total. The summed E-state index contributed by atoms with van der Waals surface area (Å²) in [6.45, 7) is 10.8. The summed E-state index contributed by atoms with van der Waals surface area (Å²) in [6.07, 6.45) is 3.50. The van der Waals surface area contributed by atoms with Crippen LogP contribution >= 0.6 is 0 Å². The molecular formula is C20H23N3O. The molecule has 4 rings (SSSR count). The number of benzene rings is 1. The molecule has 1 aromatic carbocycles. The summed E-state index contributed by atoms with van der Waals surface area (Å²) in [7, 11) is 0. The fourth-order valence-electron chi connectivity index (χ4n) is 4.87. The Morgan fingerprint density at radius 3 is 2.42 bits per heavy atom. The van der Waals surface area contributed by atoms with Gasteiger partial charge in [0.2, 0.25) is 5.91 Å². The number of amides is 1. The maximum atomic E-state index is 13.2. The number of carbonyl (C=O) groups excluding carboxylic acids is 1. The lowest BCUT2D eigenvalue weighted by molar-refractivity contribution is -0.130. The van der Waals surface area contributed by atoms with E-state index in [2.05, 4.69) is 32.7 Å². The van der Waals surface area contributed by atoms with Gasteiger partial charge in [-0.1, -0.05) is 39.0 Å². The molecule has 1 aromatic heterocycles. The number of para-hydroxylation sites is 2. The first-order valence-electron chi connectivity index (χ1n) is 8.55. The Bertz CT molecular complexity index is 872. The summed E-state index contributed by atoms with van der Waals surface area (Å²) in [5.74, 6) is 0.0551. The maximum absolute atomic E-state index is 13.2.